The molecule has 1 fully saturated rings. The SMILES string of the molecule is CCc1cc(CC)c(NC(=S)NC2CCCCC2)c(CC)c1. The molecule has 2 rings (SSSR count). The summed E-state index contributed by atoms with van der Waals surface area (Å²) in [6.07, 6.45) is 9.68. The van der Waals surface area contributed by atoms with Crippen LogP contribution >= 0.6 is 12.2 Å². The van der Waals surface area contributed by atoms with Crippen molar-refractivity contribution in [1.29, 1.82) is 0 Å². The van der Waals surface area contributed by atoms with Gasteiger partial charge in [-0.25, -0.2) is 0 Å². The maximum absolute atomic E-state index is 5.57. The smallest absolute Gasteiger partial charge is 0.171 e. The Labute approximate surface area is 141 Å². The van der Waals surface area contributed by atoms with Crippen molar-refractivity contribution in [3.8, 4) is 0 Å². The molecule has 1 aromatic carbocycles. The summed E-state index contributed by atoms with van der Waals surface area (Å²) < 4.78 is 0. The van der Waals surface area contributed by atoms with Crippen molar-refractivity contribution in [2.45, 2.75) is 78.2 Å². The highest BCUT2D eigenvalue weighted by molar-refractivity contribution is 7.80. The van der Waals surface area contributed by atoms with Crippen molar-refractivity contribution in [1.82, 2.24) is 5.32 Å². The van der Waals surface area contributed by atoms with Gasteiger partial charge in [0.05, 0.1) is 0 Å². The molecule has 0 saturated heterocycles. The average Bonchev–Trinajstić information content (AvgIpc) is 2.55. The molecule has 1 aliphatic rings. The Morgan fingerprint density at radius 2 is 1.59 bits per heavy atom. The van der Waals surface area contributed by atoms with Gasteiger partial charge in [-0.05, 0) is 61.0 Å². The lowest BCUT2D eigenvalue weighted by molar-refractivity contribution is 0.415. The summed E-state index contributed by atoms with van der Waals surface area (Å²) >= 11 is 5.57. The van der Waals surface area contributed by atoms with Crippen LogP contribution in [0.3, 0.4) is 0 Å². The number of aryl methyl sites for hydroxylation is 3. The minimum atomic E-state index is 0.554. The molecule has 3 heteroatoms. The van der Waals surface area contributed by atoms with Crippen LogP contribution in [0, 0.1) is 0 Å². The van der Waals surface area contributed by atoms with Gasteiger partial charge in [-0.15, -0.1) is 0 Å². The first-order valence-electron chi connectivity index (χ1n) is 8.90. The fraction of sp³-hybridized carbons (Fsp3) is 0.632. The molecule has 0 heterocycles. The molecular weight excluding hydrogens is 288 g/mol. The first-order valence-corrected chi connectivity index (χ1v) is 9.30. The minimum absolute atomic E-state index is 0.554. The second-order valence-corrected chi connectivity index (χ2v) is 6.69. The zero-order valence-electron chi connectivity index (χ0n) is 14.3. The highest BCUT2D eigenvalue weighted by atomic mass is 32.1. The van der Waals surface area contributed by atoms with Crippen LogP contribution in [0.5, 0.6) is 0 Å². The van der Waals surface area contributed by atoms with Crippen LogP contribution in [0.25, 0.3) is 0 Å². The molecule has 0 radical (unpaired) electrons. The van der Waals surface area contributed by atoms with E-state index in [-0.39, 0.29) is 0 Å². The van der Waals surface area contributed by atoms with E-state index in [2.05, 4.69) is 43.5 Å². The summed E-state index contributed by atoms with van der Waals surface area (Å²) in [5, 5.41) is 7.81. The van der Waals surface area contributed by atoms with Gasteiger partial charge in [-0.2, -0.15) is 0 Å². The first-order chi connectivity index (χ1) is 10.7. The summed E-state index contributed by atoms with van der Waals surface area (Å²) in [7, 11) is 0. The summed E-state index contributed by atoms with van der Waals surface area (Å²) in [5.74, 6) is 0. The predicted molar refractivity (Wildman–Crippen MR) is 101 cm³/mol. The van der Waals surface area contributed by atoms with Gasteiger partial charge in [0.25, 0.3) is 0 Å². The van der Waals surface area contributed by atoms with E-state index in [1.165, 1.54) is 54.5 Å². The van der Waals surface area contributed by atoms with Crippen LogP contribution < -0.4 is 10.6 Å². The third-order valence-corrected chi connectivity index (χ3v) is 4.93. The van der Waals surface area contributed by atoms with Gasteiger partial charge in [-0.3, -0.25) is 0 Å². The Bertz CT molecular complexity index is 479. The molecule has 1 aromatic rings. The molecule has 0 unspecified atom stereocenters. The molecule has 1 aliphatic carbocycles. The Morgan fingerprint density at radius 3 is 2.09 bits per heavy atom. The fourth-order valence-electron chi connectivity index (χ4n) is 3.34. The first kappa shape index (κ1) is 17.3. The second kappa shape index (κ2) is 8.52. The molecule has 2 N–H and O–H groups in total. The highest BCUT2D eigenvalue weighted by Crippen LogP contribution is 2.25. The van der Waals surface area contributed by atoms with Crippen molar-refractivity contribution >= 4 is 23.0 Å². The van der Waals surface area contributed by atoms with Crippen LogP contribution in [0.2, 0.25) is 0 Å². The lowest BCUT2D eigenvalue weighted by Crippen LogP contribution is -2.39. The summed E-state index contributed by atoms with van der Waals surface area (Å²) in [5.41, 5.74) is 5.41. The zero-order chi connectivity index (χ0) is 15.9. The van der Waals surface area contributed by atoms with Crippen LogP contribution in [0.4, 0.5) is 5.69 Å². The number of anilines is 1. The fourth-order valence-corrected chi connectivity index (χ4v) is 3.61. The van der Waals surface area contributed by atoms with Crippen LogP contribution in [-0.4, -0.2) is 11.2 Å². The van der Waals surface area contributed by atoms with Crippen LogP contribution in [0.1, 0.15) is 69.6 Å². The maximum Gasteiger partial charge on any atom is 0.171 e. The van der Waals surface area contributed by atoms with Crippen molar-refractivity contribution in [2.24, 2.45) is 0 Å². The van der Waals surface area contributed by atoms with E-state index in [0.717, 1.165) is 24.4 Å². The summed E-state index contributed by atoms with van der Waals surface area (Å²) in [4.78, 5) is 0. The number of rotatable bonds is 5. The molecule has 122 valence electrons. The van der Waals surface area contributed by atoms with Gasteiger partial charge in [0.1, 0.15) is 0 Å². The summed E-state index contributed by atoms with van der Waals surface area (Å²) in [6.45, 7) is 6.66. The molecule has 0 atom stereocenters. The van der Waals surface area contributed by atoms with Crippen LogP contribution in [0.15, 0.2) is 12.1 Å². The molecule has 0 spiro atoms. The number of hydrogen-bond acceptors (Lipinski definition) is 1. The van der Waals surface area contributed by atoms with E-state index < -0.39 is 0 Å². The van der Waals surface area contributed by atoms with Crippen LogP contribution in [-0.2, 0) is 19.3 Å². The van der Waals surface area contributed by atoms with Gasteiger partial charge in [0.15, 0.2) is 5.11 Å². The van der Waals surface area contributed by atoms with E-state index in [0.29, 0.717) is 6.04 Å². The highest BCUT2D eigenvalue weighted by Gasteiger charge is 2.15. The number of thiocarbonyl (C=S) groups is 1. The van der Waals surface area contributed by atoms with E-state index in [1.54, 1.807) is 0 Å². The van der Waals surface area contributed by atoms with Gasteiger partial charge in [-0.1, -0.05) is 52.2 Å². The Kier molecular flexibility index (Phi) is 6.69. The predicted octanol–water partition coefficient (Wildman–Crippen LogP) is 4.99. The van der Waals surface area contributed by atoms with Crippen molar-refractivity contribution in [3.05, 3.63) is 28.8 Å². The minimum Gasteiger partial charge on any atom is -0.360 e. The lowest BCUT2D eigenvalue weighted by atomic mass is 9.95. The molecule has 0 aromatic heterocycles. The van der Waals surface area contributed by atoms with Crippen molar-refractivity contribution < 1.29 is 0 Å². The number of nitrogens with one attached hydrogen (secondary N) is 2. The monoisotopic (exact) mass is 318 g/mol. The Morgan fingerprint density at radius 1 is 1.00 bits per heavy atom. The number of benzene rings is 1. The van der Waals surface area contributed by atoms with E-state index in [1.807, 2.05) is 0 Å². The number of hydrogen-bond donors (Lipinski definition) is 2. The topological polar surface area (TPSA) is 24.1 Å². The third kappa shape index (κ3) is 4.45. The molecule has 1 saturated carbocycles. The van der Waals surface area contributed by atoms with Gasteiger partial charge in [0.2, 0.25) is 0 Å². The molecule has 2 nitrogen and oxygen atoms in total. The van der Waals surface area contributed by atoms with Gasteiger partial charge in [0, 0.05) is 11.7 Å². The lowest BCUT2D eigenvalue weighted by Gasteiger charge is -2.25. The van der Waals surface area contributed by atoms with E-state index in [4.69, 9.17) is 12.2 Å². The van der Waals surface area contributed by atoms with E-state index in [9.17, 15) is 0 Å². The normalized spacial score (nSPS) is 15.6. The standard InChI is InChI=1S/C19H30N2S/c1-4-14-12-15(5-2)18(16(6-3)13-14)21-19(22)20-17-10-8-7-9-11-17/h12-13,17H,4-11H2,1-3H3,(H2,20,21,22). The molecule has 0 amide bonds. The quantitative estimate of drug-likeness (QED) is 0.748. The van der Waals surface area contributed by atoms with E-state index >= 15 is 0 Å². The zero-order valence-corrected chi connectivity index (χ0v) is 15.1. The Balaban J connectivity index is 2.11. The molecular formula is C19H30N2S. The molecule has 0 aliphatic heterocycles. The average molecular weight is 319 g/mol. The summed E-state index contributed by atoms with van der Waals surface area (Å²) in [6, 6.07) is 5.20. The third-order valence-electron chi connectivity index (χ3n) is 4.71. The molecule has 22 heavy (non-hydrogen) atoms. The largest absolute Gasteiger partial charge is 0.360 e. The maximum atomic E-state index is 5.57. The second-order valence-electron chi connectivity index (χ2n) is 6.28. The Hall–Kier alpha value is -1.09. The van der Waals surface area contributed by atoms with Gasteiger partial charge < -0.3 is 10.6 Å². The van der Waals surface area contributed by atoms with Gasteiger partial charge >= 0.3 is 0 Å². The molecule has 0 bridgehead atoms. The van der Waals surface area contributed by atoms with Crippen molar-refractivity contribution in [2.75, 3.05) is 5.32 Å². The van der Waals surface area contributed by atoms with Crippen molar-refractivity contribution in [3.63, 3.8) is 0 Å².